The van der Waals surface area contributed by atoms with Gasteiger partial charge in [-0.1, -0.05) is 13.8 Å². The Bertz CT molecular complexity index is 1030. The first-order chi connectivity index (χ1) is 15.0. The number of hydrogen-bond donors (Lipinski definition) is 0. The summed E-state index contributed by atoms with van der Waals surface area (Å²) < 4.78 is 6.20. The zero-order valence-corrected chi connectivity index (χ0v) is 18.9. The van der Waals surface area contributed by atoms with Crippen LogP contribution in [-0.4, -0.2) is 40.9 Å². The maximum atomic E-state index is 11.4. The first-order valence-corrected chi connectivity index (χ1v) is 11.3. The highest BCUT2D eigenvalue weighted by atomic mass is 32.2. The molecule has 1 saturated heterocycles. The molecule has 0 saturated carbocycles. The summed E-state index contributed by atoms with van der Waals surface area (Å²) in [7, 11) is 1.34. The molecule has 1 aliphatic rings. The molecule has 0 bridgehead atoms. The normalized spacial score (nSPS) is 14.2. The molecule has 2 aromatic heterocycles. The van der Waals surface area contributed by atoms with Gasteiger partial charge in [-0.25, -0.2) is 9.83 Å². The zero-order chi connectivity index (χ0) is 22.4. The number of aromatic nitrogens is 3. The minimum atomic E-state index is -0.362. The summed E-state index contributed by atoms with van der Waals surface area (Å²) >= 11 is 1.46. The Morgan fingerprint density at radius 2 is 2.19 bits per heavy atom. The number of nitriles is 1. The molecule has 162 valence electrons. The number of esters is 1. The van der Waals surface area contributed by atoms with Crippen molar-refractivity contribution < 1.29 is 9.53 Å². The van der Waals surface area contributed by atoms with Gasteiger partial charge in [0.1, 0.15) is 23.5 Å². The van der Waals surface area contributed by atoms with Gasteiger partial charge in [0.05, 0.1) is 25.4 Å². The van der Waals surface area contributed by atoms with Crippen molar-refractivity contribution in [3.8, 4) is 6.07 Å². The molecule has 3 rings (SSSR count). The fourth-order valence-corrected chi connectivity index (χ4v) is 4.54. The molecule has 0 atom stereocenters. The fraction of sp³-hybridized carbons (Fsp3) is 0.500. The first kappa shape index (κ1) is 22.6. The molecule has 0 radical (unpaired) electrons. The van der Waals surface area contributed by atoms with Gasteiger partial charge in [0.15, 0.2) is 0 Å². The van der Waals surface area contributed by atoms with Crippen molar-refractivity contribution in [1.29, 1.82) is 5.26 Å². The summed E-state index contributed by atoms with van der Waals surface area (Å²) in [5.74, 6) is 1.56. The van der Waals surface area contributed by atoms with Crippen LogP contribution >= 0.6 is 11.8 Å². The second-order valence-corrected chi connectivity index (χ2v) is 8.56. The lowest BCUT2D eigenvalue weighted by molar-refractivity contribution is -0.141. The van der Waals surface area contributed by atoms with Gasteiger partial charge in [-0.15, -0.1) is 11.8 Å². The second-order valence-electron chi connectivity index (χ2n) is 7.60. The van der Waals surface area contributed by atoms with E-state index in [9.17, 15) is 10.1 Å². The first-order valence-electron chi connectivity index (χ1n) is 10.3. The maximum absolute atomic E-state index is 11.4. The van der Waals surface area contributed by atoms with Crippen molar-refractivity contribution in [1.82, 2.24) is 14.8 Å². The Morgan fingerprint density at radius 1 is 1.45 bits per heavy atom. The molecule has 0 N–H and O–H groups in total. The van der Waals surface area contributed by atoms with E-state index in [1.807, 2.05) is 6.92 Å². The molecule has 0 amide bonds. The third-order valence-electron chi connectivity index (χ3n) is 5.46. The van der Waals surface area contributed by atoms with Gasteiger partial charge >= 0.3 is 5.97 Å². The van der Waals surface area contributed by atoms with Crippen LogP contribution < -0.4 is 4.90 Å². The zero-order valence-electron chi connectivity index (χ0n) is 18.1. The Balaban J connectivity index is 1.89. The average molecular weight is 439 g/mol. The van der Waals surface area contributed by atoms with E-state index in [0.717, 1.165) is 37.1 Å². The van der Waals surface area contributed by atoms with Crippen LogP contribution in [0.1, 0.15) is 43.4 Å². The number of hydrogen-bond acceptors (Lipinski definition) is 7. The van der Waals surface area contributed by atoms with Gasteiger partial charge in [0.25, 0.3) is 0 Å². The average Bonchev–Trinajstić information content (AvgIpc) is 3.23. The number of carbonyl (C=O) groups excluding carboxylic acids is 1. The molecule has 9 heteroatoms. The highest BCUT2D eigenvalue weighted by molar-refractivity contribution is 7.98. The summed E-state index contributed by atoms with van der Waals surface area (Å²) in [6.07, 6.45) is 6.23. The molecule has 1 fully saturated rings. The van der Waals surface area contributed by atoms with E-state index in [1.54, 1.807) is 12.4 Å². The Kier molecular flexibility index (Phi) is 7.54. The Labute approximate surface area is 187 Å². The molecule has 0 unspecified atom stereocenters. The third-order valence-corrected chi connectivity index (χ3v) is 6.51. The van der Waals surface area contributed by atoms with Crippen LogP contribution in [0.2, 0.25) is 0 Å². The molecule has 0 aliphatic carbocycles. The van der Waals surface area contributed by atoms with E-state index in [2.05, 4.69) is 32.6 Å². The lowest BCUT2D eigenvalue weighted by atomic mass is 9.98. The van der Waals surface area contributed by atoms with Gasteiger partial charge in [0, 0.05) is 30.6 Å². The smallest absolute Gasteiger partial charge is 0.327 e. The molecule has 3 heterocycles. The van der Waals surface area contributed by atoms with Crippen LogP contribution in [0.5, 0.6) is 0 Å². The minimum absolute atomic E-state index is 0.0556. The number of nitrogens with zero attached hydrogens (tertiary/aromatic N) is 6. The number of pyridine rings is 1. The molecule has 2 aromatic rings. The van der Waals surface area contributed by atoms with E-state index in [4.69, 9.17) is 11.6 Å². The summed E-state index contributed by atoms with van der Waals surface area (Å²) in [6, 6.07) is 2.28. The van der Waals surface area contributed by atoms with E-state index >= 15 is 0 Å². The van der Waals surface area contributed by atoms with Gasteiger partial charge in [0.2, 0.25) is 5.69 Å². The standard InChI is InChI=1S/C22H26N6O2S/c1-5-17-18(10-23)22(31-14-16-11-25-28(12-16)13-19(29)30-4)26-21(20(17)24-3)27-8-6-15(2)7-9-27/h11-12,15H,5-9,13-14H2,1-2,4H3. The van der Waals surface area contributed by atoms with Gasteiger partial charge < -0.3 is 9.64 Å². The van der Waals surface area contributed by atoms with E-state index in [1.165, 1.54) is 23.6 Å². The number of thioether (sulfide) groups is 1. The van der Waals surface area contributed by atoms with Crippen molar-refractivity contribution >= 4 is 29.2 Å². The quantitative estimate of drug-likeness (QED) is 0.367. The molecular formula is C22H26N6O2S. The predicted molar refractivity (Wildman–Crippen MR) is 119 cm³/mol. The Hall–Kier alpha value is -3.04. The lowest BCUT2D eigenvalue weighted by Crippen LogP contribution is -2.33. The van der Waals surface area contributed by atoms with E-state index in [0.29, 0.717) is 40.2 Å². The summed E-state index contributed by atoms with van der Waals surface area (Å²) in [5, 5.41) is 14.7. The fourth-order valence-electron chi connectivity index (χ4n) is 3.63. The van der Waals surface area contributed by atoms with Crippen LogP contribution in [0, 0.1) is 23.8 Å². The molecule has 0 spiro atoms. The monoisotopic (exact) mass is 438 g/mol. The predicted octanol–water partition coefficient (Wildman–Crippen LogP) is 3.96. The van der Waals surface area contributed by atoms with Crippen LogP contribution in [0.15, 0.2) is 17.4 Å². The number of carbonyl (C=O) groups is 1. The molecule has 1 aliphatic heterocycles. The van der Waals surface area contributed by atoms with Crippen molar-refractivity contribution in [3.63, 3.8) is 0 Å². The van der Waals surface area contributed by atoms with E-state index < -0.39 is 0 Å². The molecular weight excluding hydrogens is 412 g/mol. The van der Waals surface area contributed by atoms with Crippen LogP contribution in [0.3, 0.4) is 0 Å². The van der Waals surface area contributed by atoms with Crippen molar-refractivity contribution in [2.45, 2.75) is 50.4 Å². The lowest BCUT2D eigenvalue weighted by Gasteiger charge is -2.32. The van der Waals surface area contributed by atoms with Crippen LogP contribution in [-0.2, 0) is 28.2 Å². The number of rotatable bonds is 7. The van der Waals surface area contributed by atoms with Crippen molar-refractivity contribution in [2.75, 3.05) is 25.1 Å². The van der Waals surface area contributed by atoms with Crippen molar-refractivity contribution in [2.24, 2.45) is 5.92 Å². The number of piperidine rings is 1. The van der Waals surface area contributed by atoms with E-state index in [-0.39, 0.29) is 12.5 Å². The summed E-state index contributed by atoms with van der Waals surface area (Å²) in [5.41, 5.74) is 2.67. The van der Waals surface area contributed by atoms with Crippen molar-refractivity contribution in [3.05, 3.63) is 40.5 Å². The second kappa shape index (κ2) is 10.3. The van der Waals surface area contributed by atoms with Gasteiger partial charge in [-0.2, -0.15) is 10.4 Å². The minimum Gasteiger partial charge on any atom is -0.468 e. The number of anilines is 1. The largest absolute Gasteiger partial charge is 0.468 e. The highest BCUT2D eigenvalue weighted by Gasteiger charge is 2.25. The topological polar surface area (TPSA) is 88.4 Å². The molecule has 8 nitrogen and oxygen atoms in total. The molecule has 0 aromatic carbocycles. The van der Waals surface area contributed by atoms with Crippen LogP contribution in [0.25, 0.3) is 4.85 Å². The summed E-state index contributed by atoms with van der Waals surface area (Å²) in [4.78, 5) is 22.2. The highest BCUT2D eigenvalue weighted by Crippen LogP contribution is 2.39. The summed E-state index contributed by atoms with van der Waals surface area (Å²) in [6.45, 7) is 13.8. The van der Waals surface area contributed by atoms with Crippen LogP contribution in [0.4, 0.5) is 11.5 Å². The SMILES string of the molecule is [C-]#[N+]c1c(N2CCC(C)CC2)nc(SCc2cnn(CC(=O)OC)c2)c(C#N)c1CC. The number of methoxy groups -OCH3 is 1. The van der Waals surface area contributed by atoms with Gasteiger partial charge in [-0.05, 0) is 30.7 Å². The number of ether oxygens (including phenoxy) is 1. The Morgan fingerprint density at radius 3 is 2.81 bits per heavy atom. The maximum Gasteiger partial charge on any atom is 0.327 e. The third kappa shape index (κ3) is 5.18. The van der Waals surface area contributed by atoms with Gasteiger partial charge in [-0.3, -0.25) is 9.48 Å². The molecule has 31 heavy (non-hydrogen) atoms.